The van der Waals surface area contributed by atoms with Crippen LogP contribution in [0.5, 0.6) is 0 Å². The topological polar surface area (TPSA) is 32.3 Å². The molecule has 0 radical (unpaired) electrons. The first kappa shape index (κ1) is 10.7. The minimum atomic E-state index is -0.110. The minimum Gasteiger partial charge on any atom is -0.351 e. The molecule has 1 N–H and O–H groups in total. The fraction of sp³-hybridized carbons (Fsp3) is 0.857. The van der Waals surface area contributed by atoms with E-state index in [1.807, 2.05) is 25.9 Å². The van der Waals surface area contributed by atoms with Crippen molar-refractivity contribution in [2.45, 2.75) is 13.0 Å². The highest BCUT2D eigenvalue weighted by atomic mass is 35.5. The third-order valence-electron chi connectivity index (χ3n) is 1.17. The summed E-state index contributed by atoms with van der Waals surface area (Å²) in [4.78, 5) is 12.8. The molecule has 0 aromatic heterocycles. The molecule has 1 unspecified atom stereocenters. The summed E-state index contributed by atoms with van der Waals surface area (Å²) in [5, 5.41) is 2.75. The van der Waals surface area contributed by atoms with E-state index in [-0.39, 0.29) is 17.8 Å². The Morgan fingerprint density at radius 3 is 2.55 bits per heavy atom. The van der Waals surface area contributed by atoms with E-state index in [4.69, 9.17) is 11.6 Å². The van der Waals surface area contributed by atoms with Crippen LogP contribution in [0.25, 0.3) is 0 Å². The first-order valence-electron chi connectivity index (χ1n) is 3.56. The summed E-state index contributed by atoms with van der Waals surface area (Å²) in [5.41, 5.74) is 0. The van der Waals surface area contributed by atoms with Gasteiger partial charge in [0, 0.05) is 12.6 Å². The van der Waals surface area contributed by atoms with E-state index in [9.17, 15) is 4.79 Å². The molecule has 0 aromatic rings. The number of hydrogen-bond acceptors (Lipinski definition) is 2. The van der Waals surface area contributed by atoms with Crippen LogP contribution < -0.4 is 5.32 Å². The van der Waals surface area contributed by atoms with Gasteiger partial charge in [0.25, 0.3) is 0 Å². The summed E-state index contributed by atoms with van der Waals surface area (Å²) in [6.45, 7) is 2.78. The Balaban J connectivity index is 3.51. The van der Waals surface area contributed by atoms with Crippen molar-refractivity contribution in [2.75, 3.05) is 26.5 Å². The van der Waals surface area contributed by atoms with Crippen molar-refractivity contribution < 1.29 is 4.79 Å². The molecule has 0 heterocycles. The number of halogens is 1. The molecule has 4 heteroatoms. The third kappa shape index (κ3) is 6.13. The Morgan fingerprint density at radius 2 is 2.18 bits per heavy atom. The monoisotopic (exact) mass is 178 g/mol. The van der Waals surface area contributed by atoms with E-state index in [2.05, 4.69) is 5.32 Å². The number of alkyl halides is 1. The fourth-order valence-electron chi connectivity index (χ4n) is 0.907. The Kier molecular flexibility index (Phi) is 5.24. The van der Waals surface area contributed by atoms with Crippen molar-refractivity contribution in [3.8, 4) is 0 Å². The quantitative estimate of drug-likeness (QED) is 0.628. The number of nitrogens with zero attached hydrogens (tertiary/aromatic N) is 1. The molecule has 0 rings (SSSR count). The molecule has 0 spiro atoms. The maximum Gasteiger partial charge on any atom is 0.235 e. The van der Waals surface area contributed by atoms with E-state index in [0.29, 0.717) is 0 Å². The summed E-state index contributed by atoms with van der Waals surface area (Å²) in [7, 11) is 3.92. The molecule has 0 aliphatic rings. The highest BCUT2D eigenvalue weighted by molar-refractivity contribution is 6.27. The second-order valence-electron chi connectivity index (χ2n) is 2.86. The van der Waals surface area contributed by atoms with Gasteiger partial charge in [-0.05, 0) is 21.0 Å². The lowest BCUT2D eigenvalue weighted by atomic mass is 10.3. The lowest BCUT2D eigenvalue weighted by Gasteiger charge is -2.17. The van der Waals surface area contributed by atoms with E-state index < -0.39 is 0 Å². The van der Waals surface area contributed by atoms with Gasteiger partial charge < -0.3 is 10.2 Å². The van der Waals surface area contributed by atoms with Crippen LogP contribution in [0.4, 0.5) is 0 Å². The molecule has 0 aliphatic carbocycles. The highest BCUT2D eigenvalue weighted by Crippen LogP contribution is 1.85. The number of amides is 1. The average molecular weight is 179 g/mol. The van der Waals surface area contributed by atoms with Crippen molar-refractivity contribution in [3.63, 3.8) is 0 Å². The predicted octanol–water partition coefficient (Wildman–Crippen LogP) is 0.291. The third-order valence-corrected chi connectivity index (χ3v) is 1.41. The molecule has 66 valence electrons. The van der Waals surface area contributed by atoms with Crippen molar-refractivity contribution in [1.29, 1.82) is 0 Å². The van der Waals surface area contributed by atoms with Crippen LogP contribution in [0.3, 0.4) is 0 Å². The van der Waals surface area contributed by atoms with Crippen LogP contribution in [-0.2, 0) is 4.79 Å². The van der Waals surface area contributed by atoms with Gasteiger partial charge in [-0.15, -0.1) is 11.6 Å². The Hall–Kier alpha value is -0.280. The zero-order valence-corrected chi connectivity index (χ0v) is 7.98. The smallest absolute Gasteiger partial charge is 0.235 e. The van der Waals surface area contributed by atoms with E-state index in [1.54, 1.807) is 0 Å². The van der Waals surface area contributed by atoms with Crippen molar-refractivity contribution in [2.24, 2.45) is 0 Å². The highest BCUT2D eigenvalue weighted by Gasteiger charge is 2.05. The minimum absolute atomic E-state index is 0.0395. The zero-order chi connectivity index (χ0) is 8.85. The Labute approximate surface area is 72.7 Å². The summed E-state index contributed by atoms with van der Waals surface area (Å²) < 4.78 is 0. The standard InChI is InChI=1S/C7H15ClN2O/c1-6(5-10(2)3)9-7(11)4-8/h6H,4-5H2,1-3H3,(H,9,11). The van der Waals surface area contributed by atoms with Gasteiger partial charge in [-0.25, -0.2) is 0 Å². The summed E-state index contributed by atoms with van der Waals surface area (Å²) in [6.07, 6.45) is 0. The first-order valence-corrected chi connectivity index (χ1v) is 4.09. The number of carbonyl (C=O) groups excluding carboxylic acids is 1. The summed E-state index contributed by atoms with van der Waals surface area (Å²) in [5.74, 6) is -0.0707. The van der Waals surface area contributed by atoms with Gasteiger partial charge in [-0.3, -0.25) is 4.79 Å². The van der Waals surface area contributed by atoms with E-state index in [0.717, 1.165) is 6.54 Å². The van der Waals surface area contributed by atoms with Gasteiger partial charge in [0.2, 0.25) is 5.91 Å². The number of hydrogen-bond donors (Lipinski definition) is 1. The number of rotatable bonds is 4. The Morgan fingerprint density at radius 1 is 1.64 bits per heavy atom. The van der Waals surface area contributed by atoms with Gasteiger partial charge in [-0.1, -0.05) is 0 Å². The average Bonchev–Trinajstić information content (AvgIpc) is 1.85. The van der Waals surface area contributed by atoms with Crippen LogP contribution in [0, 0.1) is 0 Å². The molecule has 0 fully saturated rings. The molecule has 0 saturated carbocycles. The molecule has 1 atom stereocenters. The number of nitrogens with one attached hydrogen (secondary N) is 1. The van der Waals surface area contributed by atoms with Crippen molar-refractivity contribution in [3.05, 3.63) is 0 Å². The SMILES string of the molecule is CC(CN(C)C)NC(=O)CCl. The van der Waals surface area contributed by atoms with Crippen LogP contribution in [0.2, 0.25) is 0 Å². The molecular weight excluding hydrogens is 164 g/mol. The lowest BCUT2D eigenvalue weighted by molar-refractivity contribution is -0.119. The second-order valence-corrected chi connectivity index (χ2v) is 3.13. The molecular formula is C7H15ClN2O. The second kappa shape index (κ2) is 5.38. The normalized spacial score (nSPS) is 13.2. The van der Waals surface area contributed by atoms with Crippen LogP contribution in [0.1, 0.15) is 6.92 Å². The maximum atomic E-state index is 10.7. The van der Waals surface area contributed by atoms with Gasteiger partial charge in [0.15, 0.2) is 0 Å². The molecule has 11 heavy (non-hydrogen) atoms. The predicted molar refractivity (Wildman–Crippen MR) is 46.9 cm³/mol. The fourth-order valence-corrected chi connectivity index (χ4v) is 0.984. The largest absolute Gasteiger partial charge is 0.351 e. The molecule has 0 bridgehead atoms. The Bertz CT molecular complexity index is 128. The van der Waals surface area contributed by atoms with Gasteiger partial charge in [-0.2, -0.15) is 0 Å². The van der Waals surface area contributed by atoms with Gasteiger partial charge in [0.1, 0.15) is 5.88 Å². The van der Waals surface area contributed by atoms with Gasteiger partial charge >= 0.3 is 0 Å². The first-order chi connectivity index (χ1) is 5.06. The molecule has 1 amide bonds. The summed E-state index contributed by atoms with van der Waals surface area (Å²) >= 11 is 5.31. The van der Waals surface area contributed by atoms with Crippen LogP contribution in [-0.4, -0.2) is 43.4 Å². The zero-order valence-electron chi connectivity index (χ0n) is 7.22. The van der Waals surface area contributed by atoms with Gasteiger partial charge in [0.05, 0.1) is 0 Å². The van der Waals surface area contributed by atoms with E-state index >= 15 is 0 Å². The molecule has 0 saturated heterocycles. The molecule has 0 aromatic carbocycles. The summed E-state index contributed by atoms with van der Waals surface area (Å²) in [6, 6.07) is 0.163. The number of likely N-dealkylation sites (N-methyl/N-ethyl adjacent to an activating group) is 1. The van der Waals surface area contributed by atoms with Crippen molar-refractivity contribution >= 4 is 17.5 Å². The molecule has 3 nitrogen and oxygen atoms in total. The van der Waals surface area contributed by atoms with Crippen LogP contribution >= 0.6 is 11.6 Å². The number of carbonyl (C=O) groups is 1. The van der Waals surface area contributed by atoms with E-state index in [1.165, 1.54) is 0 Å². The molecule has 0 aliphatic heterocycles. The lowest BCUT2D eigenvalue weighted by Crippen LogP contribution is -2.40. The van der Waals surface area contributed by atoms with Crippen molar-refractivity contribution in [1.82, 2.24) is 10.2 Å². The van der Waals surface area contributed by atoms with Crippen LogP contribution in [0.15, 0.2) is 0 Å². The maximum absolute atomic E-state index is 10.7.